The Morgan fingerprint density at radius 3 is 2.46 bits per heavy atom. The van der Waals surface area contributed by atoms with E-state index in [1.54, 1.807) is 0 Å². The van der Waals surface area contributed by atoms with Crippen molar-refractivity contribution >= 4 is 27.5 Å². The molecule has 0 aliphatic heterocycles. The summed E-state index contributed by atoms with van der Waals surface area (Å²) in [5.41, 5.74) is 5.03. The standard InChI is InChI=1S/C9H19NOS2/c1-2-12-13-8-6-4-3-5-7-9(10)11/h2-8H2,1H3,(H2,10,11). The molecule has 0 aliphatic carbocycles. The minimum Gasteiger partial charge on any atom is -0.370 e. The Balaban J connectivity index is 2.87. The molecule has 0 aliphatic rings. The van der Waals surface area contributed by atoms with Gasteiger partial charge in [0.25, 0.3) is 0 Å². The van der Waals surface area contributed by atoms with Crippen LogP contribution in [0.25, 0.3) is 0 Å². The first-order chi connectivity index (χ1) is 6.27. The van der Waals surface area contributed by atoms with E-state index in [1.165, 1.54) is 24.3 Å². The van der Waals surface area contributed by atoms with Crippen molar-refractivity contribution < 1.29 is 4.79 Å². The van der Waals surface area contributed by atoms with Crippen LogP contribution in [0.5, 0.6) is 0 Å². The second-order valence-corrected chi connectivity index (χ2v) is 5.73. The fraction of sp³-hybridized carbons (Fsp3) is 0.889. The van der Waals surface area contributed by atoms with E-state index in [0.717, 1.165) is 12.8 Å². The van der Waals surface area contributed by atoms with E-state index < -0.39 is 0 Å². The zero-order valence-electron chi connectivity index (χ0n) is 8.25. The third-order valence-electron chi connectivity index (χ3n) is 1.60. The van der Waals surface area contributed by atoms with Gasteiger partial charge in [-0.05, 0) is 12.8 Å². The number of hydrogen-bond acceptors (Lipinski definition) is 3. The molecule has 0 saturated heterocycles. The molecular weight excluding hydrogens is 202 g/mol. The molecule has 0 spiro atoms. The van der Waals surface area contributed by atoms with Gasteiger partial charge >= 0.3 is 0 Å². The van der Waals surface area contributed by atoms with E-state index >= 15 is 0 Å². The molecule has 4 heteroatoms. The minimum absolute atomic E-state index is 0.170. The number of rotatable bonds is 9. The molecule has 0 heterocycles. The Morgan fingerprint density at radius 1 is 1.15 bits per heavy atom. The van der Waals surface area contributed by atoms with Gasteiger partial charge in [0, 0.05) is 17.9 Å². The summed E-state index contributed by atoms with van der Waals surface area (Å²) in [4.78, 5) is 10.4. The van der Waals surface area contributed by atoms with Crippen LogP contribution in [0.15, 0.2) is 0 Å². The van der Waals surface area contributed by atoms with Crippen LogP contribution in [0.1, 0.15) is 39.0 Å². The van der Waals surface area contributed by atoms with Gasteiger partial charge in [-0.15, -0.1) is 0 Å². The maximum atomic E-state index is 10.4. The van der Waals surface area contributed by atoms with Gasteiger partial charge in [0.05, 0.1) is 0 Å². The molecule has 0 saturated carbocycles. The minimum atomic E-state index is -0.170. The van der Waals surface area contributed by atoms with E-state index in [-0.39, 0.29) is 5.91 Å². The highest BCUT2D eigenvalue weighted by Crippen LogP contribution is 2.22. The Kier molecular flexibility index (Phi) is 10.4. The molecule has 0 rings (SSSR count). The van der Waals surface area contributed by atoms with Gasteiger partial charge in [-0.2, -0.15) is 0 Å². The third-order valence-corrected chi connectivity index (χ3v) is 4.17. The summed E-state index contributed by atoms with van der Waals surface area (Å²) in [5.74, 6) is 2.25. The van der Waals surface area contributed by atoms with Crippen LogP contribution in [-0.4, -0.2) is 17.4 Å². The van der Waals surface area contributed by atoms with E-state index in [2.05, 4.69) is 6.92 Å². The monoisotopic (exact) mass is 221 g/mol. The molecule has 0 aromatic carbocycles. The third kappa shape index (κ3) is 12.2. The molecule has 1 amide bonds. The van der Waals surface area contributed by atoms with Gasteiger partial charge in [-0.3, -0.25) is 4.79 Å². The highest BCUT2D eigenvalue weighted by Gasteiger charge is 1.94. The van der Waals surface area contributed by atoms with Gasteiger partial charge in [0.2, 0.25) is 5.91 Å². The summed E-state index contributed by atoms with van der Waals surface area (Å²) in [6.07, 6.45) is 5.14. The van der Waals surface area contributed by atoms with Crippen LogP contribution < -0.4 is 5.73 Å². The van der Waals surface area contributed by atoms with Crippen molar-refractivity contribution in [2.45, 2.75) is 39.0 Å². The first-order valence-corrected chi connectivity index (χ1v) is 7.29. The second-order valence-electron chi connectivity index (χ2n) is 2.86. The Labute approximate surface area is 88.8 Å². The van der Waals surface area contributed by atoms with Crippen molar-refractivity contribution in [3.05, 3.63) is 0 Å². The lowest BCUT2D eigenvalue weighted by Gasteiger charge is -1.99. The van der Waals surface area contributed by atoms with Crippen molar-refractivity contribution in [2.24, 2.45) is 5.73 Å². The van der Waals surface area contributed by atoms with Crippen molar-refractivity contribution in [3.8, 4) is 0 Å². The molecule has 78 valence electrons. The fourth-order valence-electron chi connectivity index (χ4n) is 0.956. The maximum Gasteiger partial charge on any atom is 0.217 e. The molecule has 2 nitrogen and oxygen atoms in total. The number of carbonyl (C=O) groups excluding carboxylic acids is 1. The van der Waals surface area contributed by atoms with E-state index in [1.807, 2.05) is 21.6 Å². The zero-order chi connectivity index (χ0) is 9.94. The van der Waals surface area contributed by atoms with Gasteiger partial charge < -0.3 is 5.73 Å². The van der Waals surface area contributed by atoms with Crippen molar-refractivity contribution in [2.75, 3.05) is 11.5 Å². The molecule has 0 unspecified atom stereocenters. The van der Waals surface area contributed by atoms with Crippen LogP contribution in [0.4, 0.5) is 0 Å². The molecule has 0 atom stereocenters. The predicted octanol–water partition coefficient (Wildman–Crippen LogP) is 2.82. The lowest BCUT2D eigenvalue weighted by molar-refractivity contribution is -0.118. The van der Waals surface area contributed by atoms with Crippen molar-refractivity contribution in [1.29, 1.82) is 0 Å². The summed E-state index contributed by atoms with van der Waals surface area (Å²) in [6.45, 7) is 2.17. The maximum absolute atomic E-state index is 10.4. The smallest absolute Gasteiger partial charge is 0.217 e. The number of amides is 1. The van der Waals surface area contributed by atoms with E-state index in [9.17, 15) is 4.79 Å². The molecule has 2 N–H and O–H groups in total. The summed E-state index contributed by atoms with van der Waals surface area (Å²) in [5, 5.41) is 0. The topological polar surface area (TPSA) is 43.1 Å². The first kappa shape index (κ1) is 13.2. The number of carbonyl (C=O) groups is 1. The molecule has 13 heavy (non-hydrogen) atoms. The van der Waals surface area contributed by atoms with E-state index in [4.69, 9.17) is 5.73 Å². The number of nitrogens with two attached hydrogens (primary N) is 1. The Hall–Kier alpha value is 0.170. The van der Waals surface area contributed by atoms with Crippen LogP contribution in [0, 0.1) is 0 Å². The molecule has 0 fully saturated rings. The summed E-state index contributed by atoms with van der Waals surface area (Å²) in [7, 11) is 3.86. The average Bonchev–Trinajstić information content (AvgIpc) is 2.09. The number of hydrogen-bond donors (Lipinski definition) is 1. The Bertz CT molecular complexity index is 131. The van der Waals surface area contributed by atoms with Crippen molar-refractivity contribution in [3.63, 3.8) is 0 Å². The number of primary amides is 1. The highest BCUT2D eigenvalue weighted by atomic mass is 33.1. The van der Waals surface area contributed by atoms with Gasteiger partial charge in [0.15, 0.2) is 0 Å². The predicted molar refractivity (Wildman–Crippen MR) is 62.9 cm³/mol. The van der Waals surface area contributed by atoms with Gasteiger partial charge in [0.1, 0.15) is 0 Å². The lowest BCUT2D eigenvalue weighted by Crippen LogP contribution is -2.09. The summed E-state index contributed by atoms with van der Waals surface area (Å²) < 4.78 is 0. The molecule has 0 radical (unpaired) electrons. The van der Waals surface area contributed by atoms with Crippen LogP contribution in [-0.2, 0) is 4.79 Å². The average molecular weight is 221 g/mol. The largest absolute Gasteiger partial charge is 0.370 e. The highest BCUT2D eigenvalue weighted by molar-refractivity contribution is 8.76. The summed E-state index contributed by atoms with van der Waals surface area (Å²) in [6, 6.07) is 0. The van der Waals surface area contributed by atoms with Crippen LogP contribution in [0.2, 0.25) is 0 Å². The van der Waals surface area contributed by atoms with E-state index in [0.29, 0.717) is 6.42 Å². The van der Waals surface area contributed by atoms with Crippen LogP contribution >= 0.6 is 21.6 Å². The molecule has 0 aromatic heterocycles. The summed E-state index contributed by atoms with van der Waals surface area (Å²) >= 11 is 0. The second kappa shape index (κ2) is 10.3. The molecule has 0 aromatic rings. The fourth-order valence-corrected chi connectivity index (χ4v) is 2.77. The number of unbranched alkanes of at least 4 members (excludes halogenated alkanes) is 3. The lowest BCUT2D eigenvalue weighted by atomic mass is 10.1. The van der Waals surface area contributed by atoms with Gasteiger partial charge in [-0.1, -0.05) is 41.4 Å². The van der Waals surface area contributed by atoms with Crippen LogP contribution in [0.3, 0.4) is 0 Å². The SMILES string of the molecule is CCSSCCCCCCC(N)=O. The molecule has 0 bridgehead atoms. The zero-order valence-corrected chi connectivity index (χ0v) is 9.88. The van der Waals surface area contributed by atoms with Crippen molar-refractivity contribution in [1.82, 2.24) is 0 Å². The Morgan fingerprint density at radius 2 is 1.85 bits per heavy atom. The first-order valence-electron chi connectivity index (χ1n) is 4.80. The normalized spacial score (nSPS) is 10.2. The molecular formula is C9H19NOS2. The van der Waals surface area contributed by atoms with Gasteiger partial charge in [-0.25, -0.2) is 0 Å². The quantitative estimate of drug-likeness (QED) is 0.481.